The topological polar surface area (TPSA) is 70.7 Å². The van der Waals surface area contributed by atoms with Gasteiger partial charge in [0, 0.05) is 19.6 Å². The molecule has 0 spiro atoms. The molecule has 132 valence electrons. The predicted molar refractivity (Wildman–Crippen MR) is 98.8 cm³/mol. The van der Waals surface area contributed by atoms with Gasteiger partial charge in [-0.15, -0.1) is 0 Å². The Morgan fingerprint density at radius 2 is 1.96 bits per heavy atom. The Balaban J connectivity index is 1.71. The highest BCUT2D eigenvalue weighted by Gasteiger charge is 2.22. The summed E-state index contributed by atoms with van der Waals surface area (Å²) in [5.41, 5.74) is 7.16. The Hall–Kier alpha value is -2.04. The molecule has 0 saturated carbocycles. The minimum atomic E-state index is 0.0717. The van der Waals surface area contributed by atoms with Crippen molar-refractivity contribution >= 4 is 11.9 Å². The molecule has 0 unspecified atom stereocenters. The number of amides is 1. The molecule has 1 saturated heterocycles. The van der Waals surface area contributed by atoms with Gasteiger partial charge in [0.1, 0.15) is 6.54 Å². The molecule has 0 radical (unpaired) electrons. The molecule has 1 aromatic carbocycles. The van der Waals surface area contributed by atoms with Crippen molar-refractivity contribution in [3.63, 3.8) is 0 Å². The second-order valence-corrected chi connectivity index (χ2v) is 6.99. The number of carbonyl (C=O) groups excluding carboxylic acids is 1. The number of rotatable bonds is 6. The number of nitrogens with zero attached hydrogens (tertiary/aromatic N) is 2. The maximum atomic E-state index is 12.2. The third-order valence-corrected chi connectivity index (χ3v) is 4.41. The first-order valence-corrected chi connectivity index (χ1v) is 8.90. The molecule has 1 fully saturated rings. The van der Waals surface area contributed by atoms with Crippen LogP contribution in [0, 0.1) is 11.8 Å². The van der Waals surface area contributed by atoms with Gasteiger partial charge in [-0.1, -0.05) is 44.2 Å². The van der Waals surface area contributed by atoms with Crippen LogP contribution in [0.3, 0.4) is 0 Å². The van der Waals surface area contributed by atoms with Gasteiger partial charge in [0.25, 0.3) is 0 Å². The second-order valence-electron chi connectivity index (χ2n) is 6.99. The average molecular weight is 330 g/mol. The van der Waals surface area contributed by atoms with Crippen LogP contribution in [-0.2, 0) is 11.2 Å². The largest absolute Gasteiger partial charge is 0.370 e. The lowest BCUT2D eigenvalue weighted by Crippen LogP contribution is -2.41. The predicted octanol–water partition coefficient (Wildman–Crippen LogP) is 2.03. The summed E-state index contributed by atoms with van der Waals surface area (Å²) in [6, 6.07) is 10.6. The lowest BCUT2D eigenvalue weighted by molar-refractivity contribution is -0.130. The maximum absolute atomic E-state index is 12.2. The molecule has 1 aliphatic rings. The fraction of sp³-hybridized carbons (Fsp3) is 0.579. The number of piperidine rings is 1. The number of carbonyl (C=O) groups is 1. The molecule has 1 aliphatic heterocycles. The summed E-state index contributed by atoms with van der Waals surface area (Å²) in [5.74, 6) is 1.59. The highest BCUT2D eigenvalue weighted by Crippen LogP contribution is 2.21. The number of guanidine groups is 1. The van der Waals surface area contributed by atoms with Gasteiger partial charge in [-0.2, -0.15) is 0 Å². The molecule has 0 bridgehead atoms. The minimum absolute atomic E-state index is 0.0717. The van der Waals surface area contributed by atoms with Gasteiger partial charge >= 0.3 is 0 Å². The smallest absolute Gasteiger partial charge is 0.244 e. The number of likely N-dealkylation sites (tertiary alicyclic amines) is 1. The second kappa shape index (κ2) is 9.30. The van der Waals surface area contributed by atoms with Crippen molar-refractivity contribution in [3.05, 3.63) is 35.9 Å². The lowest BCUT2D eigenvalue weighted by Gasteiger charge is -2.31. The normalized spacial score (nSPS) is 16.5. The summed E-state index contributed by atoms with van der Waals surface area (Å²) in [6.45, 7) is 6.76. The quantitative estimate of drug-likeness (QED) is 0.619. The zero-order chi connectivity index (χ0) is 17.4. The number of benzene rings is 1. The van der Waals surface area contributed by atoms with E-state index >= 15 is 0 Å². The van der Waals surface area contributed by atoms with E-state index < -0.39 is 0 Å². The summed E-state index contributed by atoms with van der Waals surface area (Å²) in [6.07, 6.45) is 3.23. The Labute approximate surface area is 145 Å². The Morgan fingerprint density at radius 3 is 2.58 bits per heavy atom. The average Bonchev–Trinajstić information content (AvgIpc) is 2.59. The SMILES string of the molecule is CC(C)CNC(N)=NCC(=O)N1CCC(Cc2ccccc2)CC1. The summed E-state index contributed by atoms with van der Waals surface area (Å²) < 4.78 is 0. The van der Waals surface area contributed by atoms with Gasteiger partial charge in [0.15, 0.2) is 5.96 Å². The number of nitrogens with one attached hydrogen (secondary N) is 1. The zero-order valence-electron chi connectivity index (χ0n) is 14.9. The van der Waals surface area contributed by atoms with Crippen LogP contribution in [0.5, 0.6) is 0 Å². The Kier molecular flexibility index (Phi) is 7.09. The highest BCUT2D eigenvalue weighted by atomic mass is 16.2. The van der Waals surface area contributed by atoms with E-state index in [9.17, 15) is 4.79 Å². The van der Waals surface area contributed by atoms with Crippen molar-refractivity contribution < 1.29 is 4.79 Å². The molecule has 0 aliphatic carbocycles. The minimum Gasteiger partial charge on any atom is -0.370 e. The highest BCUT2D eigenvalue weighted by molar-refractivity contribution is 5.84. The van der Waals surface area contributed by atoms with Crippen LogP contribution in [0.2, 0.25) is 0 Å². The van der Waals surface area contributed by atoms with Gasteiger partial charge in [-0.25, -0.2) is 4.99 Å². The summed E-state index contributed by atoms with van der Waals surface area (Å²) in [4.78, 5) is 18.3. The van der Waals surface area contributed by atoms with Gasteiger partial charge < -0.3 is 16.0 Å². The number of hydrogen-bond acceptors (Lipinski definition) is 2. The van der Waals surface area contributed by atoms with Crippen LogP contribution >= 0.6 is 0 Å². The summed E-state index contributed by atoms with van der Waals surface area (Å²) in [7, 11) is 0. The molecule has 0 aromatic heterocycles. The summed E-state index contributed by atoms with van der Waals surface area (Å²) in [5, 5.41) is 3.03. The van der Waals surface area contributed by atoms with Crippen LogP contribution in [0.15, 0.2) is 35.3 Å². The van der Waals surface area contributed by atoms with E-state index in [0.717, 1.165) is 38.9 Å². The van der Waals surface area contributed by atoms with Crippen molar-refractivity contribution in [2.75, 3.05) is 26.2 Å². The summed E-state index contributed by atoms with van der Waals surface area (Å²) >= 11 is 0. The van der Waals surface area contributed by atoms with Crippen LogP contribution in [0.4, 0.5) is 0 Å². The fourth-order valence-electron chi connectivity index (χ4n) is 2.95. The van der Waals surface area contributed by atoms with E-state index in [1.165, 1.54) is 5.56 Å². The van der Waals surface area contributed by atoms with E-state index in [0.29, 0.717) is 17.8 Å². The van der Waals surface area contributed by atoms with Crippen molar-refractivity contribution in [2.45, 2.75) is 33.1 Å². The van der Waals surface area contributed by atoms with E-state index in [2.05, 4.69) is 48.4 Å². The molecule has 1 heterocycles. The third kappa shape index (κ3) is 6.22. The first kappa shape index (κ1) is 18.3. The number of hydrogen-bond donors (Lipinski definition) is 2. The Bertz CT molecular complexity index is 534. The van der Waals surface area contributed by atoms with Gasteiger partial charge in [-0.05, 0) is 36.7 Å². The molecular weight excluding hydrogens is 300 g/mol. The first-order valence-electron chi connectivity index (χ1n) is 8.90. The van der Waals surface area contributed by atoms with E-state index in [-0.39, 0.29) is 12.5 Å². The van der Waals surface area contributed by atoms with Gasteiger partial charge in [-0.3, -0.25) is 4.79 Å². The van der Waals surface area contributed by atoms with Crippen molar-refractivity contribution in [1.29, 1.82) is 0 Å². The van der Waals surface area contributed by atoms with Crippen LogP contribution < -0.4 is 11.1 Å². The van der Waals surface area contributed by atoms with Crippen LogP contribution in [0.1, 0.15) is 32.3 Å². The fourth-order valence-corrected chi connectivity index (χ4v) is 2.95. The first-order chi connectivity index (χ1) is 11.5. The zero-order valence-corrected chi connectivity index (χ0v) is 14.9. The van der Waals surface area contributed by atoms with Crippen LogP contribution in [-0.4, -0.2) is 42.9 Å². The van der Waals surface area contributed by atoms with Crippen molar-refractivity contribution in [2.24, 2.45) is 22.6 Å². The maximum Gasteiger partial charge on any atom is 0.244 e. The molecule has 3 N–H and O–H groups in total. The van der Waals surface area contributed by atoms with Gasteiger partial charge in [0.2, 0.25) is 5.91 Å². The third-order valence-electron chi connectivity index (χ3n) is 4.41. The molecule has 24 heavy (non-hydrogen) atoms. The molecule has 5 heteroatoms. The lowest BCUT2D eigenvalue weighted by atomic mass is 9.90. The van der Waals surface area contributed by atoms with Crippen LogP contribution in [0.25, 0.3) is 0 Å². The van der Waals surface area contributed by atoms with E-state index in [1.54, 1.807) is 0 Å². The number of aliphatic imine (C=N–C) groups is 1. The molecule has 1 aromatic rings. The molecular formula is C19H30N4O. The van der Waals surface area contributed by atoms with Crippen molar-refractivity contribution in [1.82, 2.24) is 10.2 Å². The molecule has 5 nitrogen and oxygen atoms in total. The van der Waals surface area contributed by atoms with Gasteiger partial charge in [0.05, 0.1) is 0 Å². The molecule has 0 atom stereocenters. The van der Waals surface area contributed by atoms with E-state index in [1.807, 2.05) is 11.0 Å². The van der Waals surface area contributed by atoms with E-state index in [4.69, 9.17) is 5.73 Å². The Morgan fingerprint density at radius 1 is 1.29 bits per heavy atom. The standard InChI is InChI=1S/C19H30N4O/c1-15(2)13-21-19(20)22-14-18(24)23-10-8-17(9-11-23)12-16-6-4-3-5-7-16/h3-7,15,17H,8-14H2,1-2H3,(H3,20,21,22). The monoisotopic (exact) mass is 330 g/mol. The molecule has 1 amide bonds. The van der Waals surface area contributed by atoms with Crippen molar-refractivity contribution in [3.8, 4) is 0 Å². The molecule has 2 rings (SSSR count). The number of nitrogens with two attached hydrogens (primary N) is 1.